The maximum atomic E-state index is 12.2. The highest BCUT2D eigenvalue weighted by Crippen LogP contribution is 2.18. The van der Waals surface area contributed by atoms with Gasteiger partial charge in [0.1, 0.15) is 23.6 Å². The van der Waals surface area contributed by atoms with Crippen LogP contribution >= 0.6 is 0 Å². The Morgan fingerprint density at radius 1 is 1.22 bits per heavy atom. The van der Waals surface area contributed by atoms with Gasteiger partial charge in [0.15, 0.2) is 0 Å². The molecule has 9 nitrogen and oxygen atoms in total. The monoisotopic (exact) mass is 378 g/mol. The van der Waals surface area contributed by atoms with Crippen molar-refractivity contribution in [3.63, 3.8) is 0 Å². The van der Waals surface area contributed by atoms with E-state index in [2.05, 4.69) is 25.5 Å². The number of carbonyl (C=O) groups excluding carboxylic acids is 2. The molecule has 1 fully saturated rings. The fraction of sp³-hybridized carbons (Fsp3) is 0.667. The van der Waals surface area contributed by atoms with E-state index in [1.807, 2.05) is 34.6 Å². The van der Waals surface area contributed by atoms with Crippen molar-refractivity contribution < 1.29 is 14.3 Å². The van der Waals surface area contributed by atoms with Crippen LogP contribution in [0, 0.1) is 0 Å². The topological polar surface area (TPSA) is 99.7 Å². The second kappa shape index (κ2) is 8.88. The number of nitrogens with zero attached hydrogens (tertiary/aromatic N) is 4. The van der Waals surface area contributed by atoms with E-state index < -0.39 is 5.60 Å². The summed E-state index contributed by atoms with van der Waals surface area (Å²) >= 11 is 0. The van der Waals surface area contributed by atoms with Crippen molar-refractivity contribution in [2.24, 2.45) is 0 Å². The predicted molar refractivity (Wildman–Crippen MR) is 104 cm³/mol. The number of hydrogen-bond acceptors (Lipinski definition) is 6. The van der Waals surface area contributed by atoms with E-state index >= 15 is 0 Å². The van der Waals surface area contributed by atoms with Gasteiger partial charge in [-0.2, -0.15) is 0 Å². The van der Waals surface area contributed by atoms with Gasteiger partial charge in [-0.25, -0.2) is 19.6 Å². The largest absolute Gasteiger partial charge is 0.444 e. The number of carbonyl (C=O) groups is 2. The molecule has 27 heavy (non-hydrogen) atoms. The molecule has 0 saturated carbocycles. The van der Waals surface area contributed by atoms with Gasteiger partial charge in [0.05, 0.1) is 0 Å². The average Bonchev–Trinajstić information content (AvgIpc) is 2.60. The van der Waals surface area contributed by atoms with Gasteiger partial charge in [0.2, 0.25) is 0 Å². The fourth-order valence-electron chi connectivity index (χ4n) is 2.51. The zero-order valence-electron chi connectivity index (χ0n) is 16.8. The fourth-order valence-corrected chi connectivity index (χ4v) is 2.51. The summed E-state index contributed by atoms with van der Waals surface area (Å²) in [5.74, 6) is 1.16. The Kier molecular flexibility index (Phi) is 6.81. The van der Waals surface area contributed by atoms with E-state index in [9.17, 15) is 9.59 Å². The number of hydrogen-bond donors (Lipinski definition) is 2. The van der Waals surface area contributed by atoms with Crippen LogP contribution in [0.1, 0.15) is 41.0 Å². The molecule has 0 aromatic carbocycles. The van der Waals surface area contributed by atoms with Crippen molar-refractivity contribution >= 4 is 23.8 Å². The molecule has 3 amide bonds. The third kappa shape index (κ3) is 6.58. The lowest BCUT2D eigenvalue weighted by Crippen LogP contribution is -2.50. The number of ether oxygens (including phenoxy) is 1. The Labute approximate surface area is 160 Å². The first-order valence-electron chi connectivity index (χ1n) is 9.30. The Morgan fingerprint density at radius 2 is 1.89 bits per heavy atom. The standard InChI is InChI=1S/C18H30N6O3/c1-6-13(2)21-16(25)22-14-11-15(20-12-19-14)23-7-9-24(10-8-23)17(26)27-18(3,4)5/h11-13H,6-10H2,1-5H3,(H2,19,20,21,22,25). The second-order valence-electron chi connectivity index (χ2n) is 7.62. The van der Waals surface area contributed by atoms with E-state index in [4.69, 9.17) is 4.74 Å². The SMILES string of the molecule is CCC(C)NC(=O)Nc1cc(N2CCN(C(=O)OC(C)(C)C)CC2)ncn1. The molecule has 1 aromatic rings. The van der Waals surface area contributed by atoms with Gasteiger partial charge in [0.25, 0.3) is 0 Å². The minimum absolute atomic E-state index is 0.0900. The van der Waals surface area contributed by atoms with Crippen LogP contribution < -0.4 is 15.5 Å². The van der Waals surface area contributed by atoms with Crippen molar-refractivity contribution in [3.8, 4) is 0 Å². The number of amides is 3. The summed E-state index contributed by atoms with van der Waals surface area (Å²) in [7, 11) is 0. The van der Waals surface area contributed by atoms with Crippen molar-refractivity contribution in [2.75, 3.05) is 36.4 Å². The van der Waals surface area contributed by atoms with Crippen LogP contribution in [0.3, 0.4) is 0 Å². The van der Waals surface area contributed by atoms with Crippen LogP contribution in [-0.4, -0.2) is 64.8 Å². The van der Waals surface area contributed by atoms with Crippen molar-refractivity contribution in [1.29, 1.82) is 0 Å². The number of rotatable bonds is 4. The van der Waals surface area contributed by atoms with Crippen LogP contribution in [0.2, 0.25) is 0 Å². The van der Waals surface area contributed by atoms with Crippen LogP contribution in [0.4, 0.5) is 21.2 Å². The number of anilines is 2. The molecule has 0 spiro atoms. The molecule has 2 rings (SSSR count). The van der Waals surface area contributed by atoms with E-state index in [1.54, 1.807) is 11.0 Å². The Balaban J connectivity index is 1.91. The summed E-state index contributed by atoms with van der Waals surface area (Å²) in [5.41, 5.74) is -0.503. The molecule has 1 unspecified atom stereocenters. The summed E-state index contributed by atoms with van der Waals surface area (Å²) < 4.78 is 5.41. The first-order valence-corrected chi connectivity index (χ1v) is 9.30. The highest BCUT2D eigenvalue weighted by Gasteiger charge is 2.26. The number of piperazine rings is 1. The van der Waals surface area contributed by atoms with Gasteiger partial charge in [-0.05, 0) is 34.1 Å². The predicted octanol–water partition coefficient (Wildman–Crippen LogP) is 2.45. The highest BCUT2D eigenvalue weighted by atomic mass is 16.6. The number of urea groups is 1. The molecule has 2 heterocycles. The van der Waals surface area contributed by atoms with Gasteiger partial charge < -0.3 is 19.9 Å². The van der Waals surface area contributed by atoms with Crippen molar-refractivity contribution in [3.05, 3.63) is 12.4 Å². The summed E-state index contributed by atoms with van der Waals surface area (Å²) in [4.78, 5) is 36.2. The quantitative estimate of drug-likeness (QED) is 0.835. The van der Waals surface area contributed by atoms with E-state index in [0.29, 0.717) is 37.8 Å². The van der Waals surface area contributed by atoms with Crippen LogP contribution in [0.15, 0.2) is 12.4 Å². The third-order valence-electron chi connectivity index (χ3n) is 4.14. The molecule has 150 valence electrons. The number of aromatic nitrogens is 2. The smallest absolute Gasteiger partial charge is 0.410 e. The molecule has 1 saturated heterocycles. The Bertz CT molecular complexity index is 653. The minimum Gasteiger partial charge on any atom is -0.444 e. The molecule has 1 aromatic heterocycles. The summed E-state index contributed by atoms with van der Waals surface area (Å²) in [6.07, 6.45) is 1.98. The normalized spacial score (nSPS) is 15.9. The summed E-state index contributed by atoms with van der Waals surface area (Å²) in [6, 6.07) is 1.54. The van der Waals surface area contributed by atoms with Crippen molar-refractivity contribution in [1.82, 2.24) is 20.2 Å². The Hall–Kier alpha value is -2.58. The first-order chi connectivity index (χ1) is 12.7. The van der Waals surface area contributed by atoms with Gasteiger partial charge >= 0.3 is 12.1 Å². The molecular formula is C18H30N6O3. The molecule has 2 N–H and O–H groups in total. The lowest BCUT2D eigenvalue weighted by Gasteiger charge is -2.36. The second-order valence-corrected chi connectivity index (χ2v) is 7.62. The molecule has 0 bridgehead atoms. The Morgan fingerprint density at radius 3 is 2.48 bits per heavy atom. The molecule has 0 radical (unpaired) electrons. The lowest BCUT2D eigenvalue weighted by molar-refractivity contribution is 0.0240. The summed E-state index contributed by atoms with van der Waals surface area (Å²) in [5, 5.41) is 5.56. The average molecular weight is 378 g/mol. The van der Waals surface area contributed by atoms with Gasteiger partial charge in [-0.1, -0.05) is 6.92 Å². The zero-order chi connectivity index (χ0) is 20.0. The minimum atomic E-state index is -0.503. The maximum absolute atomic E-state index is 12.2. The molecule has 1 atom stereocenters. The molecular weight excluding hydrogens is 348 g/mol. The summed E-state index contributed by atoms with van der Waals surface area (Å²) in [6.45, 7) is 11.9. The van der Waals surface area contributed by atoms with Gasteiger partial charge in [-0.15, -0.1) is 0 Å². The third-order valence-corrected chi connectivity index (χ3v) is 4.14. The number of nitrogens with one attached hydrogen (secondary N) is 2. The van der Waals surface area contributed by atoms with E-state index in [1.165, 1.54) is 6.33 Å². The molecule has 9 heteroatoms. The van der Waals surface area contributed by atoms with Gasteiger partial charge in [0, 0.05) is 38.3 Å². The van der Waals surface area contributed by atoms with Crippen LogP contribution in [0.5, 0.6) is 0 Å². The van der Waals surface area contributed by atoms with E-state index in [-0.39, 0.29) is 18.2 Å². The van der Waals surface area contributed by atoms with Crippen LogP contribution in [0.25, 0.3) is 0 Å². The van der Waals surface area contributed by atoms with Crippen LogP contribution in [-0.2, 0) is 4.74 Å². The van der Waals surface area contributed by atoms with Crippen molar-refractivity contribution in [2.45, 2.75) is 52.7 Å². The molecule has 0 aliphatic carbocycles. The maximum Gasteiger partial charge on any atom is 0.410 e. The molecule has 1 aliphatic heterocycles. The lowest BCUT2D eigenvalue weighted by atomic mass is 10.2. The van der Waals surface area contributed by atoms with Gasteiger partial charge in [-0.3, -0.25) is 5.32 Å². The highest BCUT2D eigenvalue weighted by molar-refractivity contribution is 5.88. The first kappa shape index (κ1) is 20.7. The zero-order valence-corrected chi connectivity index (χ0v) is 16.8. The van der Waals surface area contributed by atoms with E-state index in [0.717, 1.165) is 6.42 Å². The molecule has 1 aliphatic rings.